The lowest BCUT2D eigenvalue weighted by Crippen LogP contribution is -2.33. The first-order valence-corrected chi connectivity index (χ1v) is 7.18. The molecule has 0 amide bonds. The van der Waals surface area contributed by atoms with Crippen LogP contribution in [0.25, 0.3) is 0 Å². The minimum Gasteiger partial charge on any atom is -0.397 e. The van der Waals surface area contributed by atoms with E-state index in [2.05, 4.69) is 25.2 Å². The van der Waals surface area contributed by atoms with E-state index in [0.717, 1.165) is 23.8 Å². The molecule has 2 heteroatoms. The van der Waals surface area contributed by atoms with Gasteiger partial charge in [-0.15, -0.1) is 0 Å². The van der Waals surface area contributed by atoms with Gasteiger partial charge in [-0.25, -0.2) is 0 Å². The predicted octanol–water partition coefficient (Wildman–Crippen LogP) is 4.29. The van der Waals surface area contributed by atoms with Gasteiger partial charge in [-0.3, -0.25) is 0 Å². The van der Waals surface area contributed by atoms with Crippen LogP contribution in [0, 0.1) is 11.3 Å². The third kappa shape index (κ3) is 3.18. The van der Waals surface area contributed by atoms with Crippen LogP contribution in [-0.2, 0) is 0 Å². The molecule has 0 aromatic heterocycles. The molecule has 0 radical (unpaired) electrons. The van der Waals surface area contributed by atoms with Crippen LogP contribution in [0.2, 0.25) is 0 Å². The van der Waals surface area contributed by atoms with Crippen molar-refractivity contribution in [1.29, 1.82) is 0 Å². The molecule has 100 valence electrons. The fourth-order valence-corrected chi connectivity index (χ4v) is 3.01. The summed E-state index contributed by atoms with van der Waals surface area (Å²) in [5, 5.41) is 3.53. The lowest BCUT2D eigenvalue weighted by Gasteiger charge is -2.37. The maximum absolute atomic E-state index is 5.97. The molecule has 0 aliphatic heterocycles. The average molecular weight is 246 g/mol. The Morgan fingerprint density at radius 3 is 2.50 bits per heavy atom. The minimum absolute atomic E-state index is 0.350. The molecule has 0 spiro atoms. The number of para-hydroxylation sites is 2. The van der Waals surface area contributed by atoms with Crippen molar-refractivity contribution in [3.63, 3.8) is 0 Å². The van der Waals surface area contributed by atoms with Crippen LogP contribution in [-0.4, -0.2) is 6.54 Å². The molecule has 2 nitrogen and oxygen atoms in total. The molecular formula is C16H26N2. The summed E-state index contributed by atoms with van der Waals surface area (Å²) in [6.45, 7) is 5.77. The van der Waals surface area contributed by atoms with Crippen LogP contribution in [0.5, 0.6) is 0 Å². The van der Waals surface area contributed by atoms with E-state index in [1.54, 1.807) is 0 Å². The van der Waals surface area contributed by atoms with Gasteiger partial charge in [0.1, 0.15) is 0 Å². The number of hydrogen-bond donors (Lipinski definition) is 2. The van der Waals surface area contributed by atoms with Crippen molar-refractivity contribution in [1.82, 2.24) is 0 Å². The smallest absolute Gasteiger partial charge is 0.0574 e. The second-order valence-electron chi connectivity index (χ2n) is 6.26. The predicted molar refractivity (Wildman–Crippen MR) is 79.7 cm³/mol. The maximum Gasteiger partial charge on any atom is 0.0574 e. The van der Waals surface area contributed by atoms with E-state index in [-0.39, 0.29) is 0 Å². The zero-order valence-electron chi connectivity index (χ0n) is 11.7. The van der Waals surface area contributed by atoms with Gasteiger partial charge in [-0.1, -0.05) is 45.2 Å². The Morgan fingerprint density at radius 1 is 1.17 bits per heavy atom. The minimum atomic E-state index is 0.350. The first-order valence-electron chi connectivity index (χ1n) is 7.18. The van der Waals surface area contributed by atoms with Gasteiger partial charge in [0, 0.05) is 6.54 Å². The molecule has 1 aliphatic carbocycles. The number of benzene rings is 1. The molecule has 1 saturated carbocycles. The van der Waals surface area contributed by atoms with E-state index in [0.29, 0.717) is 5.41 Å². The van der Waals surface area contributed by atoms with E-state index in [1.165, 1.54) is 32.1 Å². The van der Waals surface area contributed by atoms with Crippen LogP contribution < -0.4 is 11.1 Å². The van der Waals surface area contributed by atoms with E-state index in [4.69, 9.17) is 5.73 Å². The third-order valence-electron chi connectivity index (χ3n) is 4.41. The summed E-state index contributed by atoms with van der Waals surface area (Å²) in [4.78, 5) is 0. The lowest BCUT2D eigenvalue weighted by atomic mass is 9.71. The van der Waals surface area contributed by atoms with Crippen molar-refractivity contribution in [2.75, 3.05) is 17.6 Å². The number of rotatable bonds is 4. The van der Waals surface area contributed by atoms with Gasteiger partial charge in [0.05, 0.1) is 11.4 Å². The zero-order chi connectivity index (χ0) is 13.0. The Labute approximate surface area is 111 Å². The first-order chi connectivity index (χ1) is 8.59. The molecule has 0 heterocycles. The number of nitrogens with one attached hydrogen (secondary N) is 1. The quantitative estimate of drug-likeness (QED) is 0.778. The van der Waals surface area contributed by atoms with Gasteiger partial charge in [0.25, 0.3) is 0 Å². The molecule has 1 fully saturated rings. The van der Waals surface area contributed by atoms with Crippen molar-refractivity contribution >= 4 is 11.4 Å². The Balaban J connectivity index is 1.94. The van der Waals surface area contributed by atoms with Crippen LogP contribution >= 0.6 is 0 Å². The van der Waals surface area contributed by atoms with Crippen molar-refractivity contribution in [3.05, 3.63) is 24.3 Å². The summed E-state index contributed by atoms with van der Waals surface area (Å²) in [5.41, 5.74) is 8.23. The highest BCUT2D eigenvalue weighted by atomic mass is 14.9. The Morgan fingerprint density at radius 2 is 1.83 bits per heavy atom. The van der Waals surface area contributed by atoms with Crippen LogP contribution in [0.4, 0.5) is 11.4 Å². The number of hydrogen-bond acceptors (Lipinski definition) is 2. The van der Waals surface area contributed by atoms with Gasteiger partial charge >= 0.3 is 0 Å². The summed E-state index contributed by atoms with van der Waals surface area (Å²) in [5.74, 6) is 0.851. The van der Waals surface area contributed by atoms with Gasteiger partial charge in [0.15, 0.2) is 0 Å². The Bertz CT molecular complexity index is 378. The van der Waals surface area contributed by atoms with Crippen molar-refractivity contribution in [3.8, 4) is 0 Å². The van der Waals surface area contributed by atoms with Crippen molar-refractivity contribution in [2.45, 2.75) is 46.0 Å². The average Bonchev–Trinajstić information content (AvgIpc) is 2.39. The van der Waals surface area contributed by atoms with Crippen LogP contribution in [0.1, 0.15) is 46.0 Å². The van der Waals surface area contributed by atoms with Gasteiger partial charge < -0.3 is 11.1 Å². The van der Waals surface area contributed by atoms with E-state index < -0.39 is 0 Å². The maximum atomic E-state index is 5.97. The number of nitrogen functional groups attached to an aromatic ring is 1. The fourth-order valence-electron chi connectivity index (χ4n) is 3.01. The van der Waals surface area contributed by atoms with Crippen LogP contribution in [0.3, 0.4) is 0 Å². The summed E-state index contributed by atoms with van der Waals surface area (Å²) in [7, 11) is 0. The normalized spacial score (nSPS) is 17.7. The second-order valence-corrected chi connectivity index (χ2v) is 6.26. The summed E-state index contributed by atoms with van der Waals surface area (Å²) < 4.78 is 0. The number of anilines is 2. The van der Waals surface area contributed by atoms with Gasteiger partial charge in [-0.05, 0) is 36.3 Å². The lowest BCUT2D eigenvalue weighted by molar-refractivity contribution is 0.172. The van der Waals surface area contributed by atoms with E-state index in [9.17, 15) is 0 Å². The largest absolute Gasteiger partial charge is 0.397 e. The SMILES string of the molecule is CC(C)(CNc1ccccc1N)C1CCCCC1. The van der Waals surface area contributed by atoms with Crippen LogP contribution in [0.15, 0.2) is 24.3 Å². The standard InChI is InChI=1S/C16H26N2/c1-16(2,13-8-4-3-5-9-13)12-18-15-11-7-6-10-14(15)17/h6-7,10-11,13,18H,3-5,8-9,12,17H2,1-2H3. The monoisotopic (exact) mass is 246 g/mol. The second kappa shape index (κ2) is 5.64. The van der Waals surface area contributed by atoms with Crippen molar-refractivity contribution in [2.24, 2.45) is 11.3 Å². The molecule has 3 N–H and O–H groups in total. The summed E-state index contributed by atoms with van der Waals surface area (Å²) >= 11 is 0. The summed E-state index contributed by atoms with van der Waals surface area (Å²) in [6, 6.07) is 8.03. The molecule has 0 unspecified atom stereocenters. The Hall–Kier alpha value is -1.18. The van der Waals surface area contributed by atoms with Gasteiger partial charge in [0.2, 0.25) is 0 Å². The molecule has 0 bridgehead atoms. The number of nitrogens with two attached hydrogens (primary N) is 1. The van der Waals surface area contributed by atoms with E-state index >= 15 is 0 Å². The first kappa shape index (κ1) is 13.3. The highest BCUT2D eigenvalue weighted by molar-refractivity contribution is 5.65. The molecular weight excluding hydrogens is 220 g/mol. The topological polar surface area (TPSA) is 38.0 Å². The molecule has 18 heavy (non-hydrogen) atoms. The Kier molecular flexibility index (Phi) is 4.15. The zero-order valence-corrected chi connectivity index (χ0v) is 11.7. The third-order valence-corrected chi connectivity index (χ3v) is 4.41. The molecule has 0 saturated heterocycles. The molecule has 1 aromatic rings. The van der Waals surface area contributed by atoms with E-state index in [1.807, 2.05) is 18.2 Å². The molecule has 0 atom stereocenters. The fraction of sp³-hybridized carbons (Fsp3) is 0.625. The molecule has 1 aliphatic rings. The highest BCUT2D eigenvalue weighted by Crippen LogP contribution is 2.38. The highest BCUT2D eigenvalue weighted by Gasteiger charge is 2.30. The summed E-state index contributed by atoms with van der Waals surface area (Å²) in [6.07, 6.45) is 7.01. The molecule has 2 rings (SSSR count). The van der Waals surface area contributed by atoms with Gasteiger partial charge in [-0.2, -0.15) is 0 Å². The molecule has 1 aromatic carbocycles. The van der Waals surface area contributed by atoms with Crippen molar-refractivity contribution < 1.29 is 0 Å².